The third-order valence-electron chi connectivity index (χ3n) is 3.26. The van der Waals surface area contributed by atoms with Crippen molar-refractivity contribution in [1.82, 2.24) is 14.8 Å². The van der Waals surface area contributed by atoms with Crippen LogP contribution in [-0.2, 0) is 7.05 Å². The van der Waals surface area contributed by atoms with Crippen LogP contribution in [0.25, 0.3) is 0 Å². The Morgan fingerprint density at radius 2 is 2.21 bits per heavy atom. The van der Waals surface area contributed by atoms with Gasteiger partial charge in [-0.3, -0.25) is 4.79 Å². The summed E-state index contributed by atoms with van der Waals surface area (Å²) in [6.45, 7) is 4.08. The van der Waals surface area contributed by atoms with Crippen molar-refractivity contribution >= 4 is 24.1 Å². The molecule has 1 amide bonds. The molecule has 1 aromatic rings. The second-order valence-corrected chi connectivity index (χ2v) is 4.44. The Morgan fingerprint density at radius 3 is 2.74 bits per heavy atom. The fourth-order valence-corrected chi connectivity index (χ4v) is 2.19. The summed E-state index contributed by atoms with van der Waals surface area (Å²) < 4.78 is 1.33. The van der Waals surface area contributed by atoms with Crippen LogP contribution in [0.2, 0.25) is 0 Å². The summed E-state index contributed by atoms with van der Waals surface area (Å²) in [6, 6.07) is 2.97. The Morgan fingerprint density at radius 1 is 1.53 bits per heavy atom. The summed E-state index contributed by atoms with van der Waals surface area (Å²) in [7, 11) is 1.54. The zero-order valence-electron chi connectivity index (χ0n) is 10.8. The van der Waals surface area contributed by atoms with Crippen molar-refractivity contribution in [2.45, 2.75) is 13.0 Å². The summed E-state index contributed by atoms with van der Waals surface area (Å²) in [6.07, 6.45) is 0. The van der Waals surface area contributed by atoms with Crippen LogP contribution < -0.4 is 5.32 Å². The minimum Gasteiger partial charge on any atom is -0.358 e. The molecular formula is C11H17ClN4O3. The molecule has 1 aliphatic rings. The number of amides is 1. The summed E-state index contributed by atoms with van der Waals surface area (Å²) in [4.78, 5) is 24.3. The molecule has 8 heteroatoms. The Kier molecular flexibility index (Phi) is 4.90. The Balaban J connectivity index is 0.00000180. The van der Waals surface area contributed by atoms with Crippen molar-refractivity contribution in [2.75, 3.05) is 19.6 Å². The van der Waals surface area contributed by atoms with E-state index in [-0.39, 0.29) is 30.2 Å². The van der Waals surface area contributed by atoms with E-state index in [0.29, 0.717) is 12.2 Å². The van der Waals surface area contributed by atoms with Crippen molar-refractivity contribution in [1.29, 1.82) is 0 Å². The van der Waals surface area contributed by atoms with E-state index < -0.39 is 4.92 Å². The molecule has 0 spiro atoms. The van der Waals surface area contributed by atoms with Gasteiger partial charge >= 0.3 is 5.82 Å². The highest BCUT2D eigenvalue weighted by Crippen LogP contribution is 2.18. The first-order valence-corrected chi connectivity index (χ1v) is 5.84. The monoisotopic (exact) mass is 288 g/mol. The zero-order chi connectivity index (χ0) is 13.3. The van der Waals surface area contributed by atoms with Crippen LogP contribution in [0.4, 0.5) is 5.82 Å². The highest BCUT2D eigenvalue weighted by molar-refractivity contribution is 5.93. The fraction of sp³-hybridized carbons (Fsp3) is 0.545. The second kappa shape index (κ2) is 6.03. The maximum atomic E-state index is 12.3. The van der Waals surface area contributed by atoms with Gasteiger partial charge in [0.2, 0.25) is 0 Å². The number of carbonyl (C=O) groups excluding carboxylic acids is 1. The molecule has 0 aliphatic carbocycles. The molecule has 7 nitrogen and oxygen atoms in total. The highest BCUT2D eigenvalue weighted by Gasteiger charge is 2.29. The molecule has 0 bridgehead atoms. The van der Waals surface area contributed by atoms with Crippen LogP contribution >= 0.6 is 12.4 Å². The number of nitrogens with one attached hydrogen (secondary N) is 1. The van der Waals surface area contributed by atoms with Gasteiger partial charge in [0, 0.05) is 31.7 Å². The number of nitrogens with zero attached hydrogens (tertiary/aromatic N) is 3. The lowest BCUT2D eigenvalue weighted by molar-refractivity contribution is -0.391. The van der Waals surface area contributed by atoms with Gasteiger partial charge in [0.1, 0.15) is 0 Å². The van der Waals surface area contributed by atoms with Crippen LogP contribution in [0.5, 0.6) is 0 Å². The van der Waals surface area contributed by atoms with Crippen LogP contribution in [0.15, 0.2) is 12.1 Å². The van der Waals surface area contributed by atoms with E-state index in [1.54, 1.807) is 4.90 Å². The van der Waals surface area contributed by atoms with E-state index in [1.807, 2.05) is 6.92 Å². The van der Waals surface area contributed by atoms with E-state index in [4.69, 9.17) is 0 Å². The van der Waals surface area contributed by atoms with E-state index in [1.165, 1.54) is 23.7 Å². The zero-order valence-corrected chi connectivity index (χ0v) is 11.6. The predicted octanol–water partition coefficient (Wildman–Crippen LogP) is 0.789. The maximum absolute atomic E-state index is 12.3. The topological polar surface area (TPSA) is 80.4 Å². The van der Waals surface area contributed by atoms with Crippen LogP contribution in [-0.4, -0.2) is 46.0 Å². The van der Waals surface area contributed by atoms with Crippen molar-refractivity contribution in [3.63, 3.8) is 0 Å². The maximum Gasteiger partial charge on any atom is 0.323 e. The summed E-state index contributed by atoms with van der Waals surface area (Å²) in [5, 5.41) is 13.9. The number of hydrogen-bond donors (Lipinski definition) is 1. The van der Waals surface area contributed by atoms with Crippen molar-refractivity contribution in [2.24, 2.45) is 7.05 Å². The normalized spacial score (nSPS) is 18.8. The number of rotatable bonds is 2. The third kappa shape index (κ3) is 2.87. The van der Waals surface area contributed by atoms with Gasteiger partial charge in [0.25, 0.3) is 5.91 Å². The molecule has 1 N–H and O–H groups in total. The minimum atomic E-state index is -0.488. The van der Waals surface area contributed by atoms with Gasteiger partial charge in [0.15, 0.2) is 5.69 Å². The predicted molar refractivity (Wildman–Crippen MR) is 72.7 cm³/mol. The summed E-state index contributed by atoms with van der Waals surface area (Å²) in [5.74, 6) is -0.222. The van der Waals surface area contributed by atoms with Crippen molar-refractivity contribution in [3.8, 4) is 0 Å². The van der Waals surface area contributed by atoms with Crippen molar-refractivity contribution in [3.05, 3.63) is 27.9 Å². The molecule has 0 radical (unpaired) electrons. The third-order valence-corrected chi connectivity index (χ3v) is 3.26. The first-order valence-electron chi connectivity index (χ1n) is 5.84. The molecular weight excluding hydrogens is 272 g/mol. The Labute approximate surface area is 117 Å². The first-order chi connectivity index (χ1) is 8.52. The Bertz CT molecular complexity index is 488. The molecule has 1 aromatic heterocycles. The molecule has 2 heterocycles. The molecule has 0 saturated carbocycles. The van der Waals surface area contributed by atoms with E-state index in [0.717, 1.165) is 13.1 Å². The average molecular weight is 289 g/mol. The SMILES string of the molecule is C[C@@H]1CNCCN1C(=O)c1ccc([N+](=O)[O-])n1C.Cl. The lowest BCUT2D eigenvalue weighted by Crippen LogP contribution is -2.52. The lowest BCUT2D eigenvalue weighted by atomic mass is 10.2. The Hall–Kier alpha value is -1.60. The minimum absolute atomic E-state index is 0. The van der Waals surface area contributed by atoms with E-state index in [2.05, 4.69) is 5.32 Å². The van der Waals surface area contributed by atoms with Gasteiger partial charge in [-0.1, -0.05) is 0 Å². The van der Waals surface area contributed by atoms with Gasteiger partial charge in [-0.2, -0.15) is 0 Å². The van der Waals surface area contributed by atoms with Gasteiger partial charge in [0.05, 0.1) is 7.05 Å². The molecule has 1 fully saturated rings. The van der Waals surface area contributed by atoms with Gasteiger partial charge < -0.3 is 20.3 Å². The first kappa shape index (κ1) is 15.5. The molecule has 1 aliphatic heterocycles. The molecule has 1 saturated heterocycles. The summed E-state index contributed by atoms with van der Waals surface area (Å²) in [5.41, 5.74) is 0.357. The second-order valence-electron chi connectivity index (χ2n) is 4.44. The molecule has 0 unspecified atom stereocenters. The number of piperazine rings is 1. The number of nitro groups is 1. The van der Waals surface area contributed by atoms with Gasteiger partial charge in [-0.15, -0.1) is 12.4 Å². The van der Waals surface area contributed by atoms with Crippen LogP contribution in [0.1, 0.15) is 17.4 Å². The molecule has 1 atom stereocenters. The number of carbonyl (C=O) groups is 1. The largest absolute Gasteiger partial charge is 0.358 e. The van der Waals surface area contributed by atoms with Gasteiger partial charge in [-0.25, -0.2) is 4.57 Å². The smallest absolute Gasteiger partial charge is 0.323 e. The standard InChI is InChI=1S/C11H16N4O3.ClH/c1-8-7-12-5-6-14(8)11(16)9-3-4-10(13(9)2)15(17)18;/h3-4,8,12H,5-7H2,1-2H3;1H/t8-;/m1./s1. The number of hydrogen-bond acceptors (Lipinski definition) is 4. The molecule has 2 rings (SSSR count). The highest BCUT2D eigenvalue weighted by atomic mass is 35.5. The van der Waals surface area contributed by atoms with E-state index in [9.17, 15) is 14.9 Å². The molecule has 106 valence electrons. The fourth-order valence-electron chi connectivity index (χ4n) is 2.19. The van der Waals surface area contributed by atoms with Crippen molar-refractivity contribution < 1.29 is 9.72 Å². The molecule has 19 heavy (non-hydrogen) atoms. The quantitative estimate of drug-likeness (QED) is 0.644. The summed E-state index contributed by atoms with van der Waals surface area (Å²) >= 11 is 0. The number of halogens is 1. The average Bonchev–Trinajstić information content (AvgIpc) is 2.71. The van der Waals surface area contributed by atoms with Crippen LogP contribution in [0, 0.1) is 10.1 Å². The lowest BCUT2D eigenvalue weighted by Gasteiger charge is -2.33. The van der Waals surface area contributed by atoms with E-state index >= 15 is 0 Å². The number of aromatic nitrogens is 1. The van der Waals surface area contributed by atoms with Gasteiger partial charge in [-0.05, 0) is 17.9 Å². The van der Waals surface area contributed by atoms with Crippen LogP contribution in [0.3, 0.4) is 0 Å². The molecule has 0 aromatic carbocycles.